The summed E-state index contributed by atoms with van der Waals surface area (Å²) in [6.45, 7) is 6.18. The fraction of sp³-hybridized carbons (Fsp3) is 0.769. The zero-order chi connectivity index (χ0) is 14.9. The molecule has 1 fully saturated rings. The Morgan fingerprint density at radius 1 is 1.35 bits per heavy atom. The van der Waals surface area contributed by atoms with Crippen molar-refractivity contribution < 1.29 is 8.42 Å². The molecule has 20 heavy (non-hydrogen) atoms. The van der Waals surface area contributed by atoms with Crippen LogP contribution in [0.3, 0.4) is 0 Å². The smallest absolute Gasteiger partial charge is 0.247 e. The first-order valence-electron chi connectivity index (χ1n) is 7.11. The fourth-order valence-corrected chi connectivity index (χ4v) is 5.29. The van der Waals surface area contributed by atoms with E-state index in [-0.39, 0.29) is 12.1 Å². The lowest BCUT2D eigenvalue weighted by Gasteiger charge is -2.37. The highest BCUT2D eigenvalue weighted by Crippen LogP contribution is 2.31. The second kappa shape index (κ2) is 5.83. The summed E-state index contributed by atoms with van der Waals surface area (Å²) in [6, 6.07) is 0.0842. The van der Waals surface area contributed by atoms with Gasteiger partial charge < -0.3 is 5.32 Å². The number of sulfonamides is 1. The number of H-pyrrole nitrogens is 1. The van der Waals surface area contributed by atoms with E-state index in [1.54, 1.807) is 18.3 Å². The normalized spacial score (nSPS) is 25.0. The Labute approximate surface area is 121 Å². The highest BCUT2D eigenvalue weighted by Gasteiger charge is 2.38. The van der Waals surface area contributed by atoms with Gasteiger partial charge >= 0.3 is 0 Å². The van der Waals surface area contributed by atoms with Crippen LogP contribution >= 0.6 is 0 Å². The molecule has 1 aliphatic heterocycles. The third-order valence-corrected chi connectivity index (χ3v) is 6.29. The van der Waals surface area contributed by atoms with Gasteiger partial charge in [0.1, 0.15) is 4.90 Å². The molecule has 0 saturated carbocycles. The Kier molecular flexibility index (Phi) is 4.51. The Morgan fingerprint density at radius 2 is 1.95 bits per heavy atom. The van der Waals surface area contributed by atoms with Crippen LogP contribution in [0.1, 0.15) is 44.5 Å². The van der Waals surface area contributed by atoms with Crippen LogP contribution in [0.2, 0.25) is 0 Å². The summed E-state index contributed by atoms with van der Waals surface area (Å²) < 4.78 is 27.7. The summed E-state index contributed by atoms with van der Waals surface area (Å²) in [7, 11) is -1.72. The van der Waals surface area contributed by atoms with Gasteiger partial charge in [-0.1, -0.05) is 6.42 Å². The number of aryl methyl sites for hydroxylation is 1. The molecule has 1 aromatic heterocycles. The first kappa shape index (κ1) is 15.5. The number of nitrogens with one attached hydrogen (secondary N) is 2. The highest BCUT2D eigenvalue weighted by atomic mass is 32.2. The molecule has 0 spiro atoms. The quantitative estimate of drug-likeness (QED) is 0.881. The second-order valence-electron chi connectivity index (χ2n) is 5.62. The summed E-state index contributed by atoms with van der Waals surface area (Å²) in [5, 5.41) is 9.89. The Hall–Kier alpha value is -0.920. The van der Waals surface area contributed by atoms with Crippen LogP contribution in [0.5, 0.6) is 0 Å². The monoisotopic (exact) mass is 300 g/mol. The molecule has 2 N–H and O–H groups in total. The molecule has 0 aromatic carbocycles. The minimum Gasteiger partial charge on any atom is -0.314 e. The topological polar surface area (TPSA) is 78.1 Å². The van der Waals surface area contributed by atoms with Crippen LogP contribution in [0.25, 0.3) is 0 Å². The number of aromatic amines is 1. The maximum Gasteiger partial charge on any atom is 0.247 e. The SMILES string of the molecule is CNCc1n[nH]c(C)c1S(=O)(=O)N1C(C)CCCC1C. The molecular formula is C13H24N4O2S. The number of hydrogen-bond acceptors (Lipinski definition) is 4. The van der Waals surface area contributed by atoms with Crippen LogP contribution in [-0.4, -0.2) is 42.1 Å². The molecule has 0 amide bonds. The summed E-state index contributed by atoms with van der Waals surface area (Å²) in [4.78, 5) is 0.340. The van der Waals surface area contributed by atoms with Gasteiger partial charge in [0.15, 0.2) is 0 Å². The van der Waals surface area contributed by atoms with Crippen molar-refractivity contribution in [3.63, 3.8) is 0 Å². The van der Waals surface area contributed by atoms with Crippen molar-refractivity contribution in [2.75, 3.05) is 7.05 Å². The average Bonchev–Trinajstić information content (AvgIpc) is 2.71. The molecule has 0 radical (unpaired) electrons. The predicted molar refractivity (Wildman–Crippen MR) is 77.9 cm³/mol. The molecule has 0 bridgehead atoms. The number of hydrogen-bond donors (Lipinski definition) is 2. The van der Waals surface area contributed by atoms with E-state index in [1.807, 2.05) is 13.8 Å². The molecular weight excluding hydrogens is 276 g/mol. The predicted octanol–water partition coefficient (Wildman–Crippen LogP) is 1.39. The van der Waals surface area contributed by atoms with Crippen molar-refractivity contribution in [3.8, 4) is 0 Å². The first-order valence-corrected chi connectivity index (χ1v) is 8.55. The first-order chi connectivity index (χ1) is 9.39. The van der Waals surface area contributed by atoms with E-state index in [1.165, 1.54) is 0 Å². The second-order valence-corrected chi connectivity index (χ2v) is 7.40. The van der Waals surface area contributed by atoms with E-state index >= 15 is 0 Å². The van der Waals surface area contributed by atoms with E-state index in [0.29, 0.717) is 22.8 Å². The van der Waals surface area contributed by atoms with Crippen LogP contribution in [0.15, 0.2) is 4.90 Å². The molecule has 2 atom stereocenters. The lowest BCUT2D eigenvalue weighted by atomic mass is 10.0. The number of aromatic nitrogens is 2. The molecule has 2 rings (SSSR count). The van der Waals surface area contributed by atoms with Crippen LogP contribution < -0.4 is 5.32 Å². The Balaban J connectivity index is 2.46. The Morgan fingerprint density at radius 3 is 2.50 bits per heavy atom. The van der Waals surface area contributed by atoms with Crippen LogP contribution in [0, 0.1) is 6.92 Å². The van der Waals surface area contributed by atoms with Crippen LogP contribution in [-0.2, 0) is 16.6 Å². The molecule has 1 saturated heterocycles. The van der Waals surface area contributed by atoms with Gasteiger partial charge in [0.05, 0.1) is 11.4 Å². The minimum atomic E-state index is -3.50. The third-order valence-electron chi connectivity index (χ3n) is 3.95. The summed E-state index contributed by atoms with van der Waals surface area (Å²) in [6.07, 6.45) is 2.92. The molecule has 0 aliphatic carbocycles. The van der Waals surface area contributed by atoms with Crippen molar-refractivity contribution in [1.82, 2.24) is 19.8 Å². The number of piperidine rings is 1. The fourth-order valence-electron chi connectivity index (χ4n) is 3.08. The van der Waals surface area contributed by atoms with E-state index in [4.69, 9.17) is 0 Å². The van der Waals surface area contributed by atoms with Crippen molar-refractivity contribution in [3.05, 3.63) is 11.4 Å². The summed E-state index contributed by atoms with van der Waals surface area (Å²) in [5.41, 5.74) is 1.18. The van der Waals surface area contributed by atoms with Crippen LogP contribution in [0.4, 0.5) is 0 Å². The van der Waals surface area contributed by atoms with E-state index in [0.717, 1.165) is 19.3 Å². The number of nitrogens with zero attached hydrogens (tertiary/aromatic N) is 2. The lowest BCUT2D eigenvalue weighted by Crippen LogP contribution is -2.47. The minimum absolute atomic E-state index is 0.0421. The lowest BCUT2D eigenvalue weighted by molar-refractivity contribution is 0.204. The van der Waals surface area contributed by atoms with Gasteiger partial charge in [-0.2, -0.15) is 9.40 Å². The van der Waals surface area contributed by atoms with E-state index < -0.39 is 10.0 Å². The standard InChI is InChI=1S/C13H24N4O2S/c1-9-6-5-7-10(2)17(9)20(18,19)13-11(3)15-16-12(13)8-14-4/h9-10,14H,5-8H2,1-4H3,(H,15,16). The summed E-state index contributed by atoms with van der Waals surface area (Å²) in [5.74, 6) is 0. The maximum atomic E-state index is 13.0. The molecule has 2 unspecified atom stereocenters. The van der Waals surface area contributed by atoms with Crippen molar-refractivity contribution in [2.45, 2.75) is 63.6 Å². The molecule has 1 aliphatic rings. The number of rotatable bonds is 4. The molecule has 7 heteroatoms. The van der Waals surface area contributed by atoms with Gasteiger partial charge in [-0.05, 0) is 40.7 Å². The van der Waals surface area contributed by atoms with E-state index in [2.05, 4.69) is 15.5 Å². The largest absolute Gasteiger partial charge is 0.314 e. The molecule has 1 aromatic rings. The van der Waals surface area contributed by atoms with Gasteiger partial charge in [0.25, 0.3) is 0 Å². The summed E-state index contributed by atoms with van der Waals surface area (Å²) >= 11 is 0. The molecule has 114 valence electrons. The zero-order valence-electron chi connectivity index (χ0n) is 12.6. The third kappa shape index (κ3) is 2.62. The van der Waals surface area contributed by atoms with Crippen molar-refractivity contribution in [2.24, 2.45) is 0 Å². The van der Waals surface area contributed by atoms with Gasteiger partial charge in [-0.3, -0.25) is 5.10 Å². The zero-order valence-corrected chi connectivity index (χ0v) is 13.4. The maximum absolute atomic E-state index is 13.0. The van der Waals surface area contributed by atoms with Gasteiger partial charge in [-0.15, -0.1) is 0 Å². The van der Waals surface area contributed by atoms with Crippen molar-refractivity contribution >= 4 is 10.0 Å². The highest BCUT2D eigenvalue weighted by molar-refractivity contribution is 7.89. The van der Waals surface area contributed by atoms with Crippen molar-refractivity contribution in [1.29, 1.82) is 0 Å². The van der Waals surface area contributed by atoms with Gasteiger partial charge in [-0.25, -0.2) is 8.42 Å². The average molecular weight is 300 g/mol. The van der Waals surface area contributed by atoms with Gasteiger partial charge in [0.2, 0.25) is 10.0 Å². The molecule has 6 nitrogen and oxygen atoms in total. The Bertz CT molecular complexity index is 557. The van der Waals surface area contributed by atoms with E-state index in [9.17, 15) is 8.42 Å². The van der Waals surface area contributed by atoms with Gasteiger partial charge in [0, 0.05) is 18.6 Å². The molecule has 2 heterocycles.